The molecule has 0 radical (unpaired) electrons. The monoisotopic (exact) mass is 279 g/mol. The average molecular weight is 279 g/mol. The second-order valence-corrected chi connectivity index (χ2v) is 4.84. The van der Waals surface area contributed by atoms with Crippen molar-refractivity contribution in [1.82, 2.24) is 4.98 Å². The van der Waals surface area contributed by atoms with Gasteiger partial charge < -0.3 is 9.72 Å². The summed E-state index contributed by atoms with van der Waals surface area (Å²) in [6.45, 7) is 0.447. The summed E-state index contributed by atoms with van der Waals surface area (Å²) in [5.41, 5.74) is 0.622. The van der Waals surface area contributed by atoms with Crippen LogP contribution in [0.4, 0.5) is 0 Å². The first-order valence-corrected chi connectivity index (χ1v) is 6.96. The van der Waals surface area contributed by atoms with Crippen LogP contribution in [0.15, 0.2) is 35.1 Å². The number of H-pyrrole nitrogens is 1. The zero-order chi connectivity index (χ0) is 13.7. The fourth-order valence-electron chi connectivity index (χ4n) is 1.68. The molecule has 5 nitrogen and oxygen atoms in total. The van der Waals surface area contributed by atoms with Gasteiger partial charge in [0, 0.05) is 22.3 Å². The number of fused-ring (bicyclic) bond motifs is 1. The van der Waals surface area contributed by atoms with Crippen LogP contribution < -0.4 is 10.3 Å². The first kappa shape index (κ1) is 13.4. The molecule has 0 unspecified atom stereocenters. The maximum absolute atomic E-state index is 11.1. The normalized spacial score (nSPS) is 10.3. The Morgan fingerprint density at radius 2 is 2.05 bits per heavy atom. The highest BCUT2D eigenvalue weighted by Crippen LogP contribution is 2.18. The maximum Gasteiger partial charge on any atom is 0.248 e. The molecule has 0 aliphatic carbocycles. The zero-order valence-corrected chi connectivity index (χ0v) is 10.9. The van der Waals surface area contributed by atoms with Gasteiger partial charge in [0.05, 0.1) is 6.61 Å². The number of unbranched alkanes of at least 4 members (excludes halogenated alkanes) is 1. The molecule has 0 spiro atoms. The Labute approximate surface area is 111 Å². The fourth-order valence-corrected chi connectivity index (χ4v) is 2.03. The zero-order valence-electron chi connectivity index (χ0n) is 10.1. The van der Waals surface area contributed by atoms with Gasteiger partial charge in [0.15, 0.2) is 0 Å². The Morgan fingerprint density at radius 3 is 2.84 bits per heavy atom. The van der Waals surface area contributed by atoms with Crippen molar-refractivity contribution in [2.24, 2.45) is 0 Å². The van der Waals surface area contributed by atoms with E-state index >= 15 is 0 Å². The highest BCUT2D eigenvalue weighted by molar-refractivity contribution is 7.71. The average Bonchev–Trinajstić information content (AvgIpc) is 2.38. The van der Waals surface area contributed by atoms with Crippen molar-refractivity contribution in [3.8, 4) is 5.75 Å². The smallest absolute Gasteiger partial charge is 0.248 e. The lowest BCUT2D eigenvalue weighted by Crippen LogP contribution is -2.02. The van der Waals surface area contributed by atoms with E-state index in [4.69, 9.17) is 4.74 Å². The van der Waals surface area contributed by atoms with Gasteiger partial charge in [-0.3, -0.25) is 4.79 Å². The van der Waals surface area contributed by atoms with Crippen LogP contribution in [0, 0.1) is 0 Å². The standard InChI is InChI=1S/C13H13NO4S/c15-13-6-3-10-9-11(4-5-12(10)14-13)18-7-1-2-8-19(16)17/h3-6,8-9H,1-2,7H2,(H,14,15). The minimum Gasteiger partial charge on any atom is -0.494 e. The third-order valence-corrected chi connectivity index (χ3v) is 3.07. The third kappa shape index (κ3) is 3.96. The van der Waals surface area contributed by atoms with E-state index < -0.39 is 10.3 Å². The van der Waals surface area contributed by atoms with Crippen molar-refractivity contribution >= 4 is 26.6 Å². The van der Waals surface area contributed by atoms with E-state index in [1.807, 2.05) is 6.07 Å². The van der Waals surface area contributed by atoms with Crippen molar-refractivity contribution < 1.29 is 13.2 Å². The molecule has 2 rings (SSSR count). The number of aromatic nitrogens is 1. The number of ether oxygens (including phenoxy) is 1. The molecular weight excluding hydrogens is 266 g/mol. The van der Waals surface area contributed by atoms with E-state index in [0.29, 0.717) is 25.2 Å². The van der Waals surface area contributed by atoms with E-state index in [9.17, 15) is 13.2 Å². The predicted octanol–water partition coefficient (Wildman–Crippen LogP) is 1.37. The molecule has 0 saturated carbocycles. The number of hydrogen-bond donors (Lipinski definition) is 1. The Balaban J connectivity index is 2.00. The summed E-state index contributed by atoms with van der Waals surface area (Å²) in [6, 6.07) is 8.58. The third-order valence-electron chi connectivity index (χ3n) is 2.57. The lowest BCUT2D eigenvalue weighted by molar-refractivity contribution is 0.314. The Hall–Kier alpha value is -2.08. The van der Waals surface area contributed by atoms with Gasteiger partial charge in [-0.1, -0.05) is 0 Å². The molecule has 0 saturated heterocycles. The van der Waals surface area contributed by atoms with Crippen molar-refractivity contribution in [3.05, 3.63) is 40.7 Å². The highest BCUT2D eigenvalue weighted by Gasteiger charge is 1.98. The molecule has 1 aromatic heterocycles. The number of nitrogens with one attached hydrogen (secondary N) is 1. The molecule has 6 heteroatoms. The molecule has 1 N–H and O–H groups in total. The first-order chi connectivity index (χ1) is 9.15. The lowest BCUT2D eigenvalue weighted by Gasteiger charge is -2.06. The van der Waals surface area contributed by atoms with Crippen LogP contribution in [-0.2, 0) is 10.3 Å². The minimum absolute atomic E-state index is 0.137. The Kier molecular flexibility index (Phi) is 4.35. The summed E-state index contributed by atoms with van der Waals surface area (Å²) in [5.74, 6) is 0.697. The quantitative estimate of drug-likeness (QED) is 0.662. The molecule has 1 aromatic carbocycles. The van der Waals surface area contributed by atoms with Gasteiger partial charge in [0.2, 0.25) is 15.9 Å². The first-order valence-electron chi connectivity index (χ1n) is 5.82. The molecular formula is C13H13NO4S. The minimum atomic E-state index is -2.10. The molecule has 0 bridgehead atoms. The lowest BCUT2D eigenvalue weighted by atomic mass is 10.2. The molecule has 0 aliphatic rings. The Bertz CT molecular complexity index is 754. The molecule has 100 valence electrons. The van der Waals surface area contributed by atoms with E-state index in [0.717, 1.165) is 10.9 Å². The highest BCUT2D eigenvalue weighted by atomic mass is 32.2. The summed E-state index contributed by atoms with van der Waals surface area (Å²) >= 11 is 0. The second-order valence-electron chi connectivity index (χ2n) is 3.99. The van der Waals surface area contributed by atoms with Crippen LogP contribution in [0.5, 0.6) is 5.75 Å². The van der Waals surface area contributed by atoms with E-state index in [1.54, 1.807) is 18.2 Å². The van der Waals surface area contributed by atoms with Gasteiger partial charge in [-0.2, -0.15) is 8.42 Å². The van der Waals surface area contributed by atoms with Gasteiger partial charge in [-0.15, -0.1) is 0 Å². The van der Waals surface area contributed by atoms with Crippen molar-refractivity contribution in [2.75, 3.05) is 6.61 Å². The van der Waals surface area contributed by atoms with E-state index in [-0.39, 0.29) is 5.56 Å². The second kappa shape index (κ2) is 6.19. The van der Waals surface area contributed by atoms with Gasteiger partial charge in [-0.25, -0.2) is 0 Å². The van der Waals surface area contributed by atoms with Crippen LogP contribution in [0.2, 0.25) is 0 Å². The van der Waals surface area contributed by atoms with Crippen LogP contribution in [0.25, 0.3) is 10.9 Å². The summed E-state index contributed by atoms with van der Waals surface area (Å²) in [4.78, 5) is 13.8. The summed E-state index contributed by atoms with van der Waals surface area (Å²) in [7, 11) is -2.10. The molecule has 0 atom stereocenters. The topological polar surface area (TPSA) is 76.2 Å². The predicted molar refractivity (Wildman–Crippen MR) is 74.3 cm³/mol. The van der Waals surface area contributed by atoms with E-state index in [1.165, 1.54) is 11.4 Å². The molecule has 2 aromatic rings. The SMILES string of the molecule is O=c1ccc2cc(OCCCC=S(=O)=O)ccc2[nH]1. The van der Waals surface area contributed by atoms with Crippen LogP contribution in [0.3, 0.4) is 0 Å². The Morgan fingerprint density at radius 1 is 1.21 bits per heavy atom. The molecule has 19 heavy (non-hydrogen) atoms. The van der Waals surface area contributed by atoms with Crippen LogP contribution in [-0.4, -0.2) is 25.4 Å². The fraction of sp³-hybridized carbons (Fsp3) is 0.231. The summed E-state index contributed by atoms with van der Waals surface area (Å²) < 4.78 is 26.1. The molecule has 0 fully saturated rings. The number of hydrogen-bond acceptors (Lipinski definition) is 4. The van der Waals surface area contributed by atoms with Gasteiger partial charge in [0.25, 0.3) is 0 Å². The number of rotatable bonds is 5. The van der Waals surface area contributed by atoms with Gasteiger partial charge >= 0.3 is 0 Å². The maximum atomic E-state index is 11.1. The van der Waals surface area contributed by atoms with Crippen LogP contribution in [0.1, 0.15) is 12.8 Å². The van der Waals surface area contributed by atoms with Gasteiger partial charge in [-0.05, 0) is 37.1 Å². The summed E-state index contributed by atoms with van der Waals surface area (Å²) in [5, 5.41) is 2.11. The van der Waals surface area contributed by atoms with Crippen molar-refractivity contribution in [1.29, 1.82) is 0 Å². The number of benzene rings is 1. The number of pyridine rings is 1. The molecule has 0 aliphatic heterocycles. The van der Waals surface area contributed by atoms with E-state index in [2.05, 4.69) is 4.98 Å². The number of aromatic amines is 1. The van der Waals surface area contributed by atoms with Crippen LogP contribution >= 0.6 is 0 Å². The largest absolute Gasteiger partial charge is 0.494 e. The molecule has 1 heterocycles. The molecule has 0 amide bonds. The van der Waals surface area contributed by atoms with Gasteiger partial charge in [0.1, 0.15) is 5.75 Å². The summed E-state index contributed by atoms with van der Waals surface area (Å²) in [6.07, 6.45) is 1.11. The van der Waals surface area contributed by atoms with Crippen molar-refractivity contribution in [2.45, 2.75) is 12.8 Å². The van der Waals surface area contributed by atoms with Crippen molar-refractivity contribution in [3.63, 3.8) is 0 Å².